The first kappa shape index (κ1) is 19.6. The average molecular weight is 375 g/mol. The molecule has 0 amide bonds. The first-order chi connectivity index (χ1) is 12.3. The highest BCUT2D eigenvalue weighted by Crippen LogP contribution is 2.34. The van der Waals surface area contributed by atoms with Gasteiger partial charge in [0.25, 0.3) is 0 Å². The van der Waals surface area contributed by atoms with Crippen molar-refractivity contribution in [1.29, 1.82) is 5.26 Å². The van der Waals surface area contributed by atoms with Gasteiger partial charge in [0.2, 0.25) is 5.88 Å². The number of nitro groups is 1. The van der Waals surface area contributed by atoms with Crippen LogP contribution in [0, 0.1) is 21.4 Å². The molecule has 1 N–H and O–H groups in total. The molecule has 2 heterocycles. The summed E-state index contributed by atoms with van der Waals surface area (Å²) in [6.45, 7) is 6.81. The Morgan fingerprint density at radius 2 is 2.15 bits per heavy atom. The maximum Gasteiger partial charge on any atom is 0.345 e. The van der Waals surface area contributed by atoms with Gasteiger partial charge in [-0.1, -0.05) is 19.6 Å². The summed E-state index contributed by atoms with van der Waals surface area (Å²) in [6, 6.07) is 4.34. The van der Waals surface area contributed by atoms with E-state index in [4.69, 9.17) is 14.7 Å². The lowest BCUT2D eigenvalue weighted by atomic mass is 10.1. The van der Waals surface area contributed by atoms with Crippen molar-refractivity contribution in [2.45, 2.75) is 31.9 Å². The van der Waals surface area contributed by atoms with Crippen molar-refractivity contribution in [2.75, 3.05) is 13.7 Å². The van der Waals surface area contributed by atoms with Crippen LogP contribution in [0.1, 0.15) is 17.4 Å². The minimum atomic E-state index is -1.39. The third-order valence-electron chi connectivity index (χ3n) is 3.70. The molecule has 2 aromatic rings. The summed E-state index contributed by atoms with van der Waals surface area (Å²) in [5.41, 5.74) is 1.33. The number of methoxy groups -OCH3 is 1. The smallest absolute Gasteiger partial charge is 0.345 e. The molecule has 9 nitrogen and oxygen atoms in total. The van der Waals surface area contributed by atoms with E-state index in [9.17, 15) is 10.1 Å². The molecule has 1 unspecified atom stereocenters. The van der Waals surface area contributed by atoms with Gasteiger partial charge in [-0.15, -0.1) is 0 Å². The summed E-state index contributed by atoms with van der Waals surface area (Å²) >= 11 is 0. The molecule has 0 saturated heterocycles. The lowest BCUT2D eigenvalue weighted by Gasteiger charge is -2.17. The van der Waals surface area contributed by atoms with Gasteiger partial charge in [0, 0.05) is 14.3 Å². The van der Waals surface area contributed by atoms with Gasteiger partial charge >= 0.3 is 6.23 Å². The zero-order valence-corrected chi connectivity index (χ0v) is 16.1. The molecule has 0 aliphatic rings. The summed E-state index contributed by atoms with van der Waals surface area (Å²) < 4.78 is 10.8. The first-order valence-corrected chi connectivity index (χ1v) is 11.7. The molecule has 0 bridgehead atoms. The topological polar surface area (TPSA) is 127 Å². The Bertz CT molecular complexity index is 825. The van der Waals surface area contributed by atoms with E-state index < -0.39 is 19.2 Å². The van der Waals surface area contributed by atoms with Crippen molar-refractivity contribution in [3.05, 3.63) is 39.7 Å². The highest BCUT2D eigenvalue weighted by atomic mass is 28.3. The zero-order valence-electron chi connectivity index (χ0n) is 15.1. The molecule has 0 aliphatic carbocycles. The number of aromatic amines is 1. The van der Waals surface area contributed by atoms with Crippen molar-refractivity contribution in [1.82, 2.24) is 15.2 Å². The SMILES string of the molecule is COc1ncc(C#N)cc1-c1[nH]ncc1C(OCC[Si](C)(C)C)[N+](=O)[O-]. The maximum absolute atomic E-state index is 11.6. The predicted molar refractivity (Wildman–Crippen MR) is 96.9 cm³/mol. The Hall–Kier alpha value is -2.77. The second-order valence-corrected chi connectivity index (χ2v) is 12.5. The quantitative estimate of drug-likeness (QED) is 0.325. The molecule has 2 aromatic heterocycles. The molecule has 2 rings (SSSR count). The highest BCUT2D eigenvalue weighted by molar-refractivity contribution is 6.76. The van der Waals surface area contributed by atoms with Gasteiger partial charge in [0.1, 0.15) is 11.6 Å². The van der Waals surface area contributed by atoms with Gasteiger partial charge in [-0.2, -0.15) is 10.4 Å². The van der Waals surface area contributed by atoms with Crippen molar-refractivity contribution in [2.24, 2.45) is 0 Å². The number of hydrogen-bond donors (Lipinski definition) is 1. The van der Waals surface area contributed by atoms with Gasteiger partial charge in [-0.3, -0.25) is 15.2 Å². The number of H-pyrrole nitrogens is 1. The fourth-order valence-corrected chi connectivity index (χ4v) is 3.02. The molecule has 0 fully saturated rings. The maximum atomic E-state index is 11.6. The standard InChI is InChI=1S/C16H21N5O4Si/c1-24-15-12(7-11(8-17)9-18-15)14-13(10-19-20-14)16(21(22)23)25-5-6-26(2,3)4/h7,9-10,16H,5-6H2,1-4H3,(H,19,20). The van der Waals surface area contributed by atoms with Crippen LogP contribution in [0.4, 0.5) is 0 Å². The van der Waals surface area contributed by atoms with Crippen LogP contribution in [-0.2, 0) is 4.74 Å². The lowest BCUT2D eigenvalue weighted by Crippen LogP contribution is -2.24. The van der Waals surface area contributed by atoms with Gasteiger partial charge in [0.05, 0.1) is 41.7 Å². The molecule has 10 heteroatoms. The lowest BCUT2D eigenvalue weighted by molar-refractivity contribution is -0.583. The molecule has 0 radical (unpaired) electrons. The molecule has 0 saturated carbocycles. The van der Waals surface area contributed by atoms with Crippen LogP contribution in [0.5, 0.6) is 5.88 Å². The molecule has 0 aromatic carbocycles. The number of nitrogens with zero attached hydrogens (tertiary/aromatic N) is 4. The van der Waals surface area contributed by atoms with Gasteiger partial charge in [-0.05, 0) is 12.1 Å². The van der Waals surface area contributed by atoms with E-state index in [1.807, 2.05) is 6.07 Å². The third kappa shape index (κ3) is 4.65. The van der Waals surface area contributed by atoms with E-state index in [2.05, 4.69) is 34.8 Å². The number of nitriles is 1. The molecule has 0 spiro atoms. The van der Waals surface area contributed by atoms with E-state index >= 15 is 0 Å². The van der Waals surface area contributed by atoms with Crippen molar-refractivity contribution < 1.29 is 14.4 Å². The summed E-state index contributed by atoms with van der Waals surface area (Å²) in [6.07, 6.45) is 1.36. The van der Waals surface area contributed by atoms with Crippen LogP contribution in [-0.4, -0.2) is 41.9 Å². The molecule has 1 atom stereocenters. The Balaban J connectivity index is 2.39. The fraction of sp³-hybridized carbons (Fsp3) is 0.438. The number of aromatic nitrogens is 3. The van der Waals surface area contributed by atoms with Gasteiger partial charge in [0.15, 0.2) is 0 Å². The van der Waals surface area contributed by atoms with Crippen molar-refractivity contribution in [3.63, 3.8) is 0 Å². The Morgan fingerprint density at radius 3 is 2.73 bits per heavy atom. The number of nitrogens with one attached hydrogen (secondary N) is 1. The minimum absolute atomic E-state index is 0.235. The van der Waals surface area contributed by atoms with E-state index in [0.29, 0.717) is 23.4 Å². The van der Waals surface area contributed by atoms with E-state index in [-0.39, 0.29) is 11.4 Å². The average Bonchev–Trinajstić information content (AvgIpc) is 3.05. The van der Waals surface area contributed by atoms with E-state index in [1.54, 1.807) is 6.07 Å². The van der Waals surface area contributed by atoms with Crippen molar-refractivity contribution >= 4 is 8.07 Å². The van der Waals surface area contributed by atoms with Crippen LogP contribution in [0.15, 0.2) is 18.5 Å². The molecular formula is C16H21N5O4Si. The number of pyridine rings is 1. The Morgan fingerprint density at radius 1 is 1.42 bits per heavy atom. The third-order valence-corrected chi connectivity index (χ3v) is 5.40. The molecule has 26 heavy (non-hydrogen) atoms. The zero-order chi connectivity index (χ0) is 19.3. The number of ether oxygens (including phenoxy) is 2. The normalized spacial score (nSPS) is 12.4. The Kier molecular flexibility index (Phi) is 6.07. The molecule has 0 aliphatic heterocycles. The van der Waals surface area contributed by atoms with Crippen LogP contribution in [0.3, 0.4) is 0 Å². The second kappa shape index (κ2) is 8.07. The van der Waals surface area contributed by atoms with Crippen LogP contribution in [0.2, 0.25) is 25.7 Å². The van der Waals surface area contributed by atoms with Crippen LogP contribution < -0.4 is 4.74 Å². The number of hydrogen-bond acceptors (Lipinski definition) is 7. The Labute approximate surface area is 152 Å². The van der Waals surface area contributed by atoms with Gasteiger partial charge in [-0.25, -0.2) is 4.98 Å². The van der Waals surface area contributed by atoms with E-state index in [0.717, 1.165) is 6.04 Å². The highest BCUT2D eigenvalue weighted by Gasteiger charge is 2.31. The van der Waals surface area contributed by atoms with Crippen molar-refractivity contribution in [3.8, 4) is 23.2 Å². The predicted octanol–water partition coefficient (Wildman–Crippen LogP) is 2.98. The molecular weight excluding hydrogens is 354 g/mol. The number of rotatable bonds is 8. The molecule has 138 valence electrons. The first-order valence-electron chi connectivity index (χ1n) is 7.99. The largest absolute Gasteiger partial charge is 0.481 e. The fourth-order valence-electron chi connectivity index (χ4n) is 2.29. The summed E-state index contributed by atoms with van der Waals surface area (Å²) in [4.78, 5) is 15.1. The van der Waals surface area contributed by atoms with Crippen LogP contribution in [0.25, 0.3) is 11.3 Å². The van der Waals surface area contributed by atoms with E-state index in [1.165, 1.54) is 19.5 Å². The summed E-state index contributed by atoms with van der Waals surface area (Å²) in [7, 11) is 0.0485. The summed E-state index contributed by atoms with van der Waals surface area (Å²) in [5, 5.41) is 27.3. The monoisotopic (exact) mass is 375 g/mol. The summed E-state index contributed by atoms with van der Waals surface area (Å²) in [5.74, 6) is 0.235. The minimum Gasteiger partial charge on any atom is -0.481 e. The second-order valence-electron chi connectivity index (χ2n) is 6.91. The van der Waals surface area contributed by atoms with Crippen LogP contribution >= 0.6 is 0 Å². The van der Waals surface area contributed by atoms with Gasteiger partial charge < -0.3 is 9.47 Å².